The van der Waals surface area contributed by atoms with Crippen LogP contribution in [-0.4, -0.2) is 28.3 Å². The first-order valence-corrected chi connectivity index (χ1v) is 5.42. The van der Waals surface area contributed by atoms with Gasteiger partial charge in [0.2, 0.25) is 0 Å². The number of hydrogen-bond acceptors (Lipinski definition) is 4. The van der Waals surface area contributed by atoms with Crippen LogP contribution in [0.2, 0.25) is 0 Å². The molecular weight excluding hydrogens is 208 g/mol. The summed E-state index contributed by atoms with van der Waals surface area (Å²) in [6.45, 7) is 3.37. The first-order chi connectivity index (χ1) is 7.52. The predicted molar refractivity (Wildman–Crippen MR) is 57.1 cm³/mol. The van der Waals surface area contributed by atoms with Gasteiger partial charge >= 0.3 is 0 Å². The molecule has 0 aliphatic heterocycles. The standard InChI is InChI=1S/C11H16N2O3/c1-11(2,6-14)12-10(15)8-5-9(16-13-8)7-3-4-7/h5,7,14H,3-4,6H2,1-2H3,(H,12,15). The first-order valence-electron chi connectivity index (χ1n) is 5.42. The van der Waals surface area contributed by atoms with Crippen molar-refractivity contribution in [3.63, 3.8) is 0 Å². The summed E-state index contributed by atoms with van der Waals surface area (Å²) in [6.07, 6.45) is 2.22. The molecule has 0 unspecified atom stereocenters. The van der Waals surface area contributed by atoms with Crippen LogP contribution >= 0.6 is 0 Å². The normalized spacial score (nSPS) is 16.2. The van der Waals surface area contributed by atoms with E-state index in [1.165, 1.54) is 0 Å². The third-order valence-electron chi connectivity index (χ3n) is 2.59. The number of aliphatic hydroxyl groups is 1. The van der Waals surface area contributed by atoms with E-state index in [0.717, 1.165) is 18.6 Å². The van der Waals surface area contributed by atoms with Crippen LogP contribution in [0.1, 0.15) is 48.9 Å². The van der Waals surface area contributed by atoms with Crippen molar-refractivity contribution in [1.29, 1.82) is 0 Å². The van der Waals surface area contributed by atoms with Crippen LogP contribution < -0.4 is 5.32 Å². The van der Waals surface area contributed by atoms with Crippen molar-refractivity contribution in [3.8, 4) is 0 Å². The van der Waals surface area contributed by atoms with Gasteiger partial charge in [-0.15, -0.1) is 0 Å². The van der Waals surface area contributed by atoms with Gasteiger partial charge in [0.1, 0.15) is 5.76 Å². The van der Waals surface area contributed by atoms with Gasteiger partial charge in [0, 0.05) is 12.0 Å². The van der Waals surface area contributed by atoms with E-state index in [9.17, 15) is 4.79 Å². The minimum absolute atomic E-state index is 0.119. The Morgan fingerprint density at radius 3 is 2.94 bits per heavy atom. The molecule has 1 heterocycles. The number of carbonyl (C=O) groups excluding carboxylic acids is 1. The Hall–Kier alpha value is -1.36. The molecule has 1 saturated carbocycles. The van der Waals surface area contributed by atoms with Crippen molar-refractivity contribution in [2.45, 2.75) is 38.1 Å². The van der Waals surface area contributed by atoms with E-state index in [1.807, 2.05) is 0 Å². The zero-order chi connectivity index (χ0) is 11.8. The van der Waals surface area contributed by atoms with Crippen LogP contribution in [0.3, 0.4) is 0 Å². The molecular formula is C11H16N2O3. The second-order valence-electron chi connectivity index (χ2n) is 4.88. The van der Waals surface area contributed by atoms with E-state index in [-0.39, 0.29) is 18.2 Å². The van der Waals surface area contributed by atoms with Gasteiger partial charge in [-0.25, -0.2) is 0 Å². The maximum atomic E-state index is 11.7. The quantitative estimate of drug-likeness (QED) is 0.801. The largest absolute Gasteiger partial charge is 0.394 e. The van der Waals surface area contributed by atoms with Gasteiger partial charge in [-0.2, -0.15) is 0 Å². The second kappa shape index (κ2) is 3.90. The zero-order valence-corrected chi connectivity index (χ0v) is 9.49. The number of rotatable bonds is 4. The smallest absolute Gasteiger partial charge is 0.273 e. The SMILES string of the molecule is CC(C)(CO)NC(=O)c1cc(C2CC2)on1. The van der Waals surface area contributed by atoms with Crippen molar-refractivity contribution >= 4 is 5.91 Å². The fourth-order valence-corrected chi connectivity index (χ4v) is 1.37. The Labute approximate surface area is 93.8 Å². The molecule has 5 nitrogen and oxygen atoms in total. The van der Waals surface area contributed by atoms with E-state index in [0.29, 0.717) is 5.92 Å². The molecule has 2 N–H and O–H groups in total. The van der Waals surface area contributed by atoms with Gasteiger partial charge < -0.3 is 14.9 Å². The molecule has 0 atom stereocenters. The minimum atomic E-state index is -0.643. The van der Waals surface area contributed by atoms with Crippen molar-refractivity contribution < 1.29 is 14.4 Å². The maximum absolute atomic E-state index is 11.7. The summed E-state index contributed by atoms with van der Waals surface area (Å²) in [5, 5.41) is 15.4. The highest BCUT2D eigenvalue weighted by molar-refractivity contribution is 5.92. The van der Waals surface area contributed by atoms with Gasteiger partial charge in [-0.1, -0.05) is 5.16 Å². The number of carbonyl (C=O) groups is 1. The van der Waals surface area contributed by atoms with Gasteiger partial charge in [0.25, 0.3) is 5.91 Å². The van der Waals surface area contributed by atoms with E-state index >= 15 is 0 Å². The minimum Gasteiger partial charge on any atom is -0.394 e. The summed E-state index contributed by atoms with van der Waals surface area (Å²) in [5.74, 6) is 0.918. The van der Waals surface area contributed by atoms with Crippen LogP contribution in [0, 0.1) is 0 Å². The molecule has 1 aliphatic rings. The lowest BCUT2D eigenvalue weighted by molar-refractivity contribution is 0.0860. The predicted octanol–water partition coefficient (Wildman–Crippen LogP) is 1.05. The molecule has 1 fully saturated rings. The highest BCUT2D eigenvalue weighted by Gasteiger charge is 2.29. The van der Waals surface area contributed by atoms with Crippen molar-refractivity contribution in [2.75, 3.05) is 6.61 Å². The molecule has 5 heteroatoms. The Morgan fingerprint density at radius 2 is 2.38 bits per heavy atom. The van der Waals surface area contributed by atoms with E-state index in [2.05, 4.69) is 10.5 Å². The van der Waals surface area contributed by atoms with Gasteiger partial charge in [0.15, 0.2) is 5.69 Å². The number of hydrogen-bond donors (Lipinski definition) is 2. The molecule has 16 heavy (non-hydrogen) atoms. The monoisotopic (exact) mass is 224 g/mol. The Kier molecular flexibility index (Phi) is 2.71. The molecule has 0 spiro atoms. The lowest BCUT2D eigenvalue weighted by Crippen LogP contribution is -2.46. The maximum Gasteiger partial charge on any atom is 0.273 e. The fourth-order valence-electron chi connectivity index (χ4n) is 1.37. The summed E-state index contributed by atoms with van der Waals surface area (Å²) >= 11 is 0. The third kappa shape index (κ3) is 2.41. The van der Waals surface area contributed by atoms with Crippen LogP contribution in [0.25, 0.3) is 0 Å². The molecule has 1 amide bonds. The van der Waals surface area contributed by atoms with E-state index < -0.39 is 5.54 Å². The van der Waals surface area contributed by atoms with Crippen molar-refractivity contribution in [3.05, 3.63) is 17.5 Å². The first kappa shape index (κ1) is 11.1. The summed E-state index contributed by atoms with van der Waals surface area (Å²) < 4.78 is 5.08. The van der Waals surface area contributed by atoms with Crippen LogP contribution in [-0.2, 0) is 0 Å². The van der Waals surface area contributed by atoms with E-state index in [1.54, 1.807) is 19.9 Å². The average molecular weight is 224 g/mol. The van der Waals surface area contributed by atoms with Crippen LogP contribution in [0.15, 0.2) is 10.6 Å². The number of aromatic nitrogens is 1. The summed E-state index contributed by atoms with van der Waals surface area (Å²) in [7, 11) is 0. The van der Waals surface area contributed by atoms with Crippen molar-refractivity contribution in [1.82, 2.24) is 10.5 Å². The number of aliphatic hydroxyl groups excluding tert-OH is 1. The molecule has 2 rings (SSSR count). The number of amides is 1. The molecule has 0 aromatic carbocycles. The van der Waals surface area contributed by atoms with Gasteiger partial charge in [-0.3, -0.25) is 4.79 Å². The summed E-state index contributed by atoms with van der Waals surface area (Å²) in [6, 6.07) is 1.68. The number of nitrogens with zero attached hydrogens (tertiary/aromatic N) is 1. The highest BCUT2D eigenvalue weighted by atomic mass is 16.5. The summed E-state index contributed by atoms with van der Waals surface area (Å²) in [5.41, 5.74) is -0.362. The zero-order valence-electron chi connectivity index (χ0n) is 9.49. The van der Waals surface area contributed by atoms with Gasteiger partial charge in [0.05, 0.1) is 12.1 Å². The topological polar surface area (TPSA) is 75.4 Å². The Balaban J connectivity index is 2.02. The Bertz CT molecular complexity index is 394. The summed E-state index contributed by atoms with van der Waals surface area (Å²) in [4.78, 5) is 11.7. The molecule has 0 saturated heterocycles. The molecule has 0 radical (unpaired) electrons. The molecule has 1 aliphatic carbocycles. The third-order valence-corrected chi connectivity index (χ3v) is 2.59. The molecule has 0 bridgehead atoms. The fraction of sp³-hybridized carbons (Fsp3) is 0.636. The highest BCUT2D eigenvalue weighted by Crippen LogP contribution is 2.40. The lowest BCUT2D eigenvalue weighted by atomic mass is 10.1. The number of nitrogens with one attached hydrogen (secondary N) is 1. The van der Waals surface area contributed by atoms with Crippen LogP contribution in [0.5, 0.6) is 0 Å². The Morgan fingerprint density at radius 1 is 1.69 bits per heavy atom. The molecule has 1 aromatic rings. The van der Waals surface area contributed by atoms with Gasteiger partial charge in [-0.05, 0) is 26.7 Å². The van der Waals surface area contributed by atoms with Crippen LogP contribution in [0.4, 0.5) is 0 Å². The second-order valence-corrected chi connectivity index (χ2v) is 4.88. The molecule has 1 aromatic heterocycles. The average Bonchev–Trinajstić information content (AvgIpc) is 2.96. The lowest BCUT2D eigenvalue weighted by Gasteiger charge is -2.22. The van der Waals surface area contributed by atoms with Crippen molar-refractivity contribution in [2.24, 2.45) is 0 Å². The molecule has 88 valence electrons. The van der Waals surface area contributed by atoms with E-state index in [4.69, 9.17) is 9.63 Å².